The molecule has 0 fully saturated rings. The summed E-state index contributed by atoms with van der Waals surface area (Å²) in [5, 5.41) is 7.67. The number of halogens is 2. The Labute approximate surface area is 166 Å². The Morgan fingerprint density at radius 3 is 2.55 bits per heavy atom. The summed E-state index contributed by atoms with van der Waals surface area (Å²) in [6, 6.07) is 1.76. The molecule has 0 aliphatic rings. The lowest BCUT2D eigenvalue weighted by Gasteiger charge is -2.28. The van der Waals surface area contributed by atoms with Crippen LogP contribution in [0.2, 0.25) is 0 Å². The van der Waals surface area contributed by atoms with Crippen LogP contribution in [-0.2, 0) is 0 Å². The van der Waals surface area contributed by atoms with Crippen LogP contribution in [0.5, 0.6) is 5.88 Å². The van der Waals surface area contributed by atoms with Crippen LogP contribution in [-0.4, -0.2) is 55.0 Å². The molecule has 1 atom stereocenters. The lowest BCUT2D eigenvalue weighted by Crippen LogP contribution is -2.42. The summed E-state index contributed by atoms with van der Waals surface area (Å²) in [4.78, 5) is 23.7. The van der Waals surface area contributed by atoms with Crippen molar-refractivity contribution >= 4 is 5.91 Å². The van der Waals surface area contributed by atoms with Crippen LogP contribution in [0.4, 0.5) is 8.78 Å². The summed E-state index contributed by atoms with van der Waals surface area (Å²) < 4.78 is 33.9. The molecule has 0 unspecified atom stereocenters. The monoisotopic (exact) mass is 402 g/mol. The van der Waals surface area contributed by atoms with Gasteiger partial charge >= 0.3 is 0 Å². The first-order valence-corrected chi connectivity index (χ1v) is 8.99. The molecule has 8 nitrogen and oxygen atoms in total. The molecular formula is C19H20F2N6O2. The zero-order valence-electron chi connectivity index (χ0n) is 16.2. The minimum absolute atomic E-state index is 0.0519. The lowest BCUT2D eigenvalue weighted by molar-refractivity contribution is 0.0645. The number of amides is 1. The number of hydrogen-bond donors (Lipinski definition) is 0. The van der Waals surface area contributed by atoms with Gasteiger partial charge in [-0.2, -0.15) is 10.2 Å². The second-order valence-electron chi connectivity index (χ2n) is 6.32. The second-order valence-corrected chi connectivity index (χ2v) is 6.32. The van der Waals surface area contributed by atoms with E-state index in [1.807, 2.05) is 6.92 Å². The van der Waals surface area contributed by atoms with E-state index in [1.54, 1.807) is 20.0 Å². The lowest BCUT2D eigenvalue weighted by atomic mass is 10.1. The predicted octanol–water partition coefficient (Wildman–Crippen LogP) is 2.57. The third-order valence-electron chi connectivity index (χ3n) is 4.28. The minimum atomic E-state index is -1.19. The van der Waals surface area contributed by atoms with Gasteiger partial charge in [0, 0.05) is 6.54 Å². The van der Waals surface area contributed by atoms with E-state index < -0.39 is 17.5 Å². The molecule has 1 aromatic carbocycles. The number of benzene rings is 1. The smallest absolute Gasteiger partial charge is 0.256 e. The standard InChI is InChI=1S/C19H20F2N6O2/c1-4-26(13(3)11-29-16-10-22-12(2)9-23-16)19(28)14-5-6-15(20)17(21)18(14)27-24-7-8-25-27/h5-10,13H,4,11H2,1-3H3/t13-/m0/s1. The van der Waals surface area contributed by atoms with E-state index in [2.05, 4.69) is 20.2 Å². The second kappa shape index (κ2) is 8.72. The Kier molecular flexibility index (Phi) is 6.10. The number of likely N-dealkylation sites (N-methyl/N-ethyl adjacent to an activating group) is 1. The molecule has 1 amide bonds. The van der Waals surface area contributed by atoms with E-state index in [0.717, 1.165) is 16.6 Å². The quantitative estimate of drug-likeness (QED) is 0.604. The van der Waals surface area contributed by atoms with Crippen molar-refractivity contribution in [2.75, 3.05) is 13.2 Å². The maximum Gasteiger partial charge on any atom is 0.256 e. The Bertz CT molecular complexity index is 979. The molecule has 0 bridgehead atoms. The van der Waals surface area contributed by atoms with Gasteiger partial charge in [0.2, 0.25) is 5.88 Å². The van der Waals surface area contributed by atoms with E-state index in [4.69, 9.17) is 4.74 Å². The molecule has 0 radical (unpaired) electrons. The van der Waals surface area contributed by atoms with Crippen LogP contribution < -0.4 is 4.74 Å². The highest BCUT2D eigenvalue weighted by Gasteiger charge is 2.27. The first kappa shape index (κ1) is 20.3. The van der Waals surface area contributed by atoms with Crippen LogP contribution in [0.15, 0.2) is 36.9 Å². The molecule has 0 N–H and O–H groups in total. The first-order valence-electron chi connectivity index (χ1n) is 8.99. The van der Waals surface area contributed by atoms with Gasteiger partial charge in [-0.15, -0.1) is 4.80 Å². The van der Waals surface area contributed by atoms with Gasteiger partial charge in [-0.1, -0.05) is 0 Å². The fraction of sp³-hybridized carbons (Fsp3) is 0.316. The van der Waals surface area contributed by atoms with E-state index in [0.29, 0.717) is 12.4 Å². The molecule has 2 aromatic heterocycles. The molecule has 0 aliphatic carbocycles. The molecule has 10 heteroatoms. The van der Waals surface area contributed by atoms with Crippen LogP contribution in [0.1, 0.15) is 29.9 Å². The molecular weight excluding hydrogens is 382 g/mol. The van der Waals surface area contributed by atoms with Crippen LogP contribution in [0.25, 0.3) is 5.69 Å². The number of nitrogens with zero attached hydrogens (tertiary/aromatic N) is 6. The molecule has 3 aromatic rings. The van der Waals surface area contributed by atoms with Crippen molar-refractivity contribution in [3.05, 3.63) is 59.8 Å². The number of aryl methyl sites for hydroxylation is 1. The Morgan fingerprint density at radius 2 is 1.93 bits per heavy atom. The molecule has 0 saturated carbocycles. The highest BCUT2D eigenvalue weighted by Crippen LogP contribution is 2.22. The van der Waals surface area contributed by atoms with Gasteiger partial charge in [0.25, 0.3) is 5.91 Å². The average molecular weight is 402 g/mol. The summed E-state index contributed by atoms with van der Waals surface area (Å²) in [5.74, 6) is -2.45. The molecule has 29 heavy (non-hydrogen) atoms. The number of rotatable bonds is 7. The summed E-state index contributed by atoms with van der Waals surface area (Å²) in [7, 11) is 0. The summed E-state index contributed by atoms with van der Waals surface area (Å²) in [6.07, 6.45) is 5.70. The van der Waals surface area contributed by atoms with Crippen molar-refractivity contribution in [2.24, 2.45) is 0 Å². The fourth-order valence-electron chi connectivity index (χ4n) is 2.80. The summed E-state index contributed by atoms with van der Waals surface area (Å²) in [5.41, 5.74) is 0.369. The average Bonchev–Trinajstić information content (AvgIpc) is 3.24. The molecule has 0 spiro atoms. The van der Waals surface area contributed by atoms with Crippen LogP contribution in [0, 0.1) is 18.6 Å². The van der Waals surface area contributed by atoms with Crippen molar-refractivity contribution in [3.63, 3.8) is 0 Å². The van der Waals surface area contributed by atoms with Gasteiger partial charge in [0.05, 0.1) is 42.1 Å². The zero-order valence-corrected chi connectivity index (χ0v) is 16.2. The first-order chi connectivity index (χ1) is 13.9. The van der Waals surface area contributed by atoms with Crippen molar-refractivity contribution in [3.8, 4) is 11.6 Å². The van der Waals surface area contributed by atoms with E-state index in [9.17, 15) is 13.6 Å². The van der Waals surface area contributed by atoms with Crippen molar-refractivity contribution in [2.45, 2.75) is 26.8 Å². The molecule has 3 rings (SSSR count). The number of ether oxygens (including phenoxy) is 1. The summed E-state index contributed by atoms with van der Waals surface area (Å²) in [6.45, 7) is 5.86. The van der Waals surface area contributed by atoms with Gasteiger partial charge in [0.1, 0.15) is 12.3 Å². The Morgan fingerprint density at radius 1 is 1.21 bits per heavy atom. The number of aromatic nitrogens is 5. The van der Waals surface area contributed by atoms with E-state index >= 15 is 0 Å². The third kappa shape index (κ3) is 4.36. The molecule has 152 valence electrons. The van der Waals surface area contributed by atoms with Gasteiger partial charge in [-0.25, -0.2) is 13.8 Å². The van der Waals surface area contributed by atoms with Gasteiger partial charge in [0.15, 0.2) is 11.6 Å². The molecule has 0 saturated heterocycles. The van der Waals surface area contributed by atoms with Gasteiger partial charge in [-0.3, -0.25) is 9.78 Å². The van der Waals surface area contributed by atoms with Crippen molar-refractivity contribution in [1.29, 1.82) is 0 Å². The van der Waals surface area contributed by atoms with Crippen LogP contribution in [0.3, 0.4) is 0 Å². The maximum atomic E-state index is 14.5. The molecule has 2 heterocycles. The third-order valence-corrected chi connectivity index (χ3v) is 4.28. The number of hydrogen-bond acceptors (Lipinski definition) is 6. The zero-order chi connectivity index (χ0) is 21.0. The number of carbonyl (C=O) groups excluding carboxylic acids is 1. The van der Waals surface area contributed by atoms with Gasteiger partial charge < -0.3 is 9.64 Å². The van der Waals surface area contributed by atoms with E-state index in [-0.39, 0.29) is 23.9 Å². The summed E-state index contributed by atoms with van der Waals surface area (Å²) >= 11 is 0. The molecule has 0 aliphatic heterocycles. The Hall–Kier alpha value is -3.43. The SMILES string of the molecule is CCN(C(=O)c1ccc(F)c(F)c1-n1nccn1)[C@@H](C)COc1cnc(C)cn1. The fourth-order valence-corrected chi connectivity index (χ4v) is 2.80. The topological polar surface area (TPSA) is 86.0 Å². The number of carbonyl (C=O) groups is 1. The highest BCUT2D eigenvalue weighted by atomic mass is 19.2. The van der Waals surface area contributed by atoms with Crippen molar-refractivity contribution < 1.29 is 18.3 Å². The van der Waals surface area contributed by atoms with Crippen molar-refractivity contribution in [1.82, 2.24) is 29.9 Å². The van der Waals surface area contributed by atoms with Crippen LogP contribution >= 0.6 is 0 Å². The maximum absolute atomic E-state index is 14.5. The Balaban J connectivity index is 1.84. The normalized spacial score (nSPS) is 11.9. The minimum Gasteiger partial charge on any atom is -0.474 e. The predicted molar refractivity (Wildman–Crippen MR) is 99.7 cm³/mol. The van der Waals surface area contributed by atoms with Gasteiger partial charge in [-0.05, 0) is 32.9 Å². The highest BCUT2D eigenvalue weighted by molar-refractivity contribution is 5.98. The van der Waals surface area contributed by atoms with E-state index in [1.165, 1.54) is 29.6 Å². The largest absolute Gasteiger partial charge is 0.474 e.